The third kappa shape index (κ3) is 3.53. The number of nitrogens with one attached hydrogen (secondary N) is 1. The molecule has 0 aliphatic rings. The number of benzene rings is 1. The summed E-state index contributed by atoms with van der Waals surface area (Å²) >= 11 is 5.97. The van der Waals surface area contributed by atoms with Crippen LogP contribution >= 0.6 is 11.6 Å². The summed E-state index contributed by atoms with van der Waals surface area (Å²) in [6.45, 7) is 0.928. The van der Waals surface area contributed by atoms with E-state index in [-0.39, 0.29) is 5.56 Å². The largest absolute Gasteiger partial charge is 0.478 e. The summed E-state index contributed by atoms with van der Waals surface area (Å²) in [6.07, 6.45) is 1.85. The minimum absolute atomic E-state index is 0.234. The standard InChI is InChI=1S/C11H14ClNO2/c1-13-6-2-3-8-4-5-9(11(14)15)7-10(8)12/h4-5,7,13H,2-3,6H2,1H3,(H,14,15). The van der Waals surface area contributed by atoms with Crippen LogP contribution in [0.1, 0.15) is 22.3 Å². The lowest BCUT2D eigenvalue weighted by molar-refractivity contribution is 0.0697. The second kappa shape index (κ2) is 5.73. The van der Waals surface area contributed by atoms with Crippen molar-refractivity contribution in [2.75, 3.05) is 13.6 Å². The first-order chi connectivity index (χ1) is 7.15. The minimum Gasteiger partial charge on any atom is -0.478 e. The second-order valence-corrected chi connectivity index (χ2v) is 3.73. The zero-order chi connectivity index (χ0) is 11.3. The Morgan fingerprint density at radius 3 is 2.80 bits per heavy atom. The first-order valence-electron chi connectivity index (χ1n) is 4.81. The molecule has 0 unspecified atom stereocenters. The van der Waals surface area contributed by atoms with Crippen molar-refractivity contribution in [2.45, 2.75) is 12.8 Å². The molecule has 3 nitrogen and oxygen atoms in total. The van der Waals surface area contributed by atoms with E-state index in [0.717, 1.165) is 24.9 Å². The van der Waals surface area contributed by atoms with Gasteiger partial charge in [-0.05, 0) is 44.1 Å². The first kappa shape index (κ1) is 12.0. The zero-order valence-corrected chi connectivity index (χ0v) is 9.34. The normalized spacial score (nSPS) is 10.3. The summed E-state index contributed by atoms with van der Waals surface area (Å²) in [5, 5.41) is 12.3. The Morgan fingerprint density at radius 2 is 2.27 bits per heavy atom. The Morgan fingerprint density at radius 1 is 1.53 bits per heavy atom. The van der Waals surface area contributed by atoms with Gasteiger partial charge >= 0.3 is 5.97 Å². The molecule has 0 bridgehead atoms. The number of carboxylic acid groups (broad SMARTS) is 1. The lowest BCUT2D eigenvalue weighted by atomic mass is 10.1. The Hall–Kier alpha value is -1.06. The molecule has 0 radical (unpaired) electrons. The van der Waals surface area contributed by atoms with E-state index in [1.54, 1.807) is 12.1 Å². The molecule has 0 heterocycles. The van der Waals surface area contributed by atoms with Gasteiger partial charge in [0.05, 0.1) is 5.56 Å². The third-order valence-electron chi connectivity index (χ3n) is 2.17. The van der Waals surface area contributed by atoms with Crippen molar-refractivity contribution in [1.82, 2.24) is 5.32 Å². The Labute approximate surface area is 94.1 Å². The SMILES string of the molecule is CNCCCc1ccc(C(=O)O)cc1Cl. The molecule has 0 spiro atoms. The molecule has 0 atom stereocenters. The number of aromatic carboxylic acids is 1. The van der Waals surface area contributed by atoms with Gasteiger partial charge in [-0.15, -0.1) is 0 Å². The second-order valence-electron chi connectivity index (χ2n) is 3.32. The van der Waals surface area contributed by atoms with Crippen molar-refractivity contribution < 1.29 is 9.90 Å². The van der Waals surface area contributed by atoms with Gasteiger partial charge < -0.3 is 10.4 Å². The molecule has 0 aliphatic heterocycles. The van der Waals surface area contributed by atoms with Crippen LogP contribution in [-0.2, 0) is 6.42 Å². The smallest absolute Gasteiger partial charge is 0.335 e. The van der Waals surface area contributed by atoms with Crippen molar-refractivity contribution in [3.05, 3.63) is 34.3 Å². The number of hydrogen-bond donors (Lipinski definition) is 2. The molecule has 1 aromatic rings. The van der Waals surface area contributed by atoms with Gasteiger partial charge in [0.25, 0.3) is 0 Å². The molecule has 0 saturated heterocycles. The number of rotatable bonds is 5. The number of hydrogen-bond acceptors (Lipinski definition) is 2. The van der Waals surface area contributed by atoms with Gasteiger partial charge in [0.15, 0.2) is 0 Å². The molecular formula is C11H14ClNO2. The summed E-state index contributed by atoms with van der Waals surface area (Å²) in [7, 11) is 1.90. The van der Waals surface area contributed by atoms with Crippen LogP contribution in [0.3, 0.4) is 0 Å². The van der Waals surface area contributed by atoms with Crippen LogP contribution in [0.25, 0.3) is 0 Å². The average Bonchev–Trinajstić information content (AvgIpc) is 2.20. The monoisotopic (exact) mass is 227 g/mol. The topological polar surface area (TPSA) is 49.3 Å². The summed E-state index contributed by atoms with van der Waals surface area (Å²) < 4.78 is 0. The maximum absolute atomic E-state index is 10.7. The van der Waals surface area contributed by atoms with Gasteiger partial charge in [-0.25, -0.2) is 4.79 Å². The van der Waals surface area contributed by atoms with Crippen LogP contribution in [0.4, 0.5) is 0 Å². The predicted molar refractivity (Wildman–Crippen MR) is 60.7 cm³/mol. The van der Waals surface area contributed by atoms with Crippen LogP contribution in [0, 0.1) is 0 Å². The highest BCUT2D eigenvalue weighted by molar-refractivity contribution is 6.31. The van der Waals surface area contributed by atoms with Crippen molar-refractivity contribution in [3.8, 4) is 0 Å². The highest BCUT2D eigenvalue weighted by Gasteiger charge is 2.06. The summed E-state index contributed by atoms with van der Waals surface area (Å²) in [5.74, 6) is -0.946. The molecule has 15 heavy (non-hydrogen) atoms. The van der Waals surface area contributed by atoms with Crippen molar-refractivity contribution >= 4 is 17.6 Å². The van der Waals surface area contributed by atoms with Crippen LogP contribution in [-0.4, -0.2) is 24.7 Å². The highest BCUT2D eigenvalue weighted by atomic mass is 35.5. The number of aryl methyl sites for hydroxylation is 1. The van der Waals surface area contributed by atoms with E-state index in [2.05, 4.69) is 5.32 Å². The van der Waals surface area contributed by atoms with Crippen molar-refractivity contribution in [1.29, 1.82) is 0 Å². The highest BCUT2D eigenvalue weighted by Crippen LogP contribution is 2.19. The molecule has 0 saturated carbocycles. The number of halogens is 1. The van der Waals surface area contributed by atoms with Crippen molar-refractivity contribution in [2.24, 2.45) is 0 Å². The molecule has 0 aliphatic carbocycles. The molecule has 82 valence electrons. The van der Waals surface area contributed by atoms with Crippen LogP contribution in [0.15, 0.2) is 18.2 Å². The fraction of sp³-hybridized carbons (Fsp3) is 0.364. The lowest BCUT2D eigenvalue weighted by Gasteiger charge is -2.05. The number of carboxylic acids is 1. The molecule has 4 heteroatoms. The van der Waals surface area contributed by atoms with E-state index >= 15 is 0 Å². The summed E-state index contributed by atoms with van der Waals surface area (Å²) in [5.41, 5.74) is 1.23. The van der Waals surface area contributed by atoms with E-state index in [9.17, 15) is 4.79 Å². The maximum Gasteiger partial charge on any atom is 0.335 e. The Bertz CT molecular complexity index is 352. The van der Waals surface area contributed by atoms with Crippen LogP contribution in [0.5, 0.6) is 0 Å². The Kier molecular flexibility index (Phi) is 4.59. The maximum atomic E-state index is 10.7. The van der Waals surface area contributed by atoms with Gasteiger partial charge in [0, 0.05) is 5.02 Å². The van der Waals surface area contributed by atoms with E-state index < -0.39 is 5.97 Å². The summed E-state index contributed by atoms with van der Waals surface area (Å²) in [4.78, 5) is 10.7. The van der Waals surface area contributed by atoms with Crippen LogP contribution < -0.4 is 5.32 Å². The van der Waals surface area contributed by atoms with E-state index in [0.29, 0.717) is 5.02 Å². The van der Waals surface area contributed by atoms with Gasteiger partial charge in [0.2, 0.25) is 0 Å². The molecule has 0 fully saturated rings. The fourth-order valence-corrected chi connectivity index (χ4v) is 1.61. The number of carbonyl (C=O) groups is 1. The third-order valence-corrected chi connectivity index (χ3v) is 2.52. The van der Waals surface area contributed by atoms with Crippen molar-refractivity contribution in [3.63, 3.8) is 0 Å². The summed E-state index contributed by atoms with van der Waals surface area (Å²) in [6, 6.07) is 4.86. The lowest BCUT2D eigenvalue weighted by Crippen LogP contribution is -2.08. The van der Waals surface area contributed by atoms with Gasteiger partial charge in [-0.3, -0.25) is 0 Å². The minimum atomic E-state index is -0.946. The van der Waals surface area contributed by atoms with E-state index in [1.807, 2.05) is 7.05 Å². The average molecular weight is 228 g/mol. The molecule has 2 N–H and O–H groups in total. The first-order valence-corrected chi connectivity index (χ1v) is 5.19. The van der Waals surface area contributed by atoms with Gasteiger partial charge in [0.1, 0.15) is 0 Å². The van der Waals surface area contributed by atoms with Gasteiger partial charge in [-0.1, -0.05) is 17.7 Å². The molecule has 1 aromatic carbocycles. The quantitative estimate of drug-likeness (QED) is 0.759. The molecule has 1 rings (SSSR count). The molecular weight excluding hydrogens is 214 g/mol. The fourth-order valence-electron chi connectivity index (χ4n) is 1.34. The zero-order valence-electron chi connectivity index (χ0n) is 8.59. The molecule has 0 amide bonds. The Balaban J connectivity index is 2.70. The van der Waals surface area contributed by atoms with Gasteiger partial charge in [-0.2, -0.15) is 0 Å². The molecule has 0 aromatic heterocycles. The van der Waals surface area contributed by atoms with E-state index in [4.69, 9.17) is 16.7 Å². The predicted octanol–water partition coefficient (Wildman–Crippen LogP) is 2.19. The van der Waals surface area contributed by atoms with E-state index in [1.165, 1.54) is 6.07 Å². The van der Waals surface area contributed by atoms with Crippen LogP contribution in [0.2, 0.25) is 5.02 Å².